The Labute approximate surface area is 122 Å². The number of carbonyl (C=O) groups is 2. The van der Waals surface area contributed by atoms with Gasteiger partial charge in [0, 0.05) is 12.1 Å². The quantitative estimate of drug-likeness (QED) is 0.849. The number of nitrogens with zero attached hydrogens (tertiary/aromatic N) is 3. The molecule has 1 N–H and O–H groups in total. The molecule has 0 saturated carbocycles. The zero-order chi connectivity index (χ0) is 15.0. The number of amides is 2. The highest BCUT2D eigenvalue weighted by Crippen LogP contribution is 2.28. The summed E-state index contributed by atoms with van der Waals surface area (Å²) in [7, 11) is 0. The average molecular weight is 284 g/mol. The Bertz CT molecular complexity index is 661. The van der Waals surface area contributed by atoms with Gasteiger partial charge in [0.2, 0.25) is 5.91 Å². The number of rotatable bonds is 1. The first kappa shape index (κ1) is 13.5. The summed E-state index contributed by atoms with van der Waals surface area (Å²) in [6, 6.07) is 7.90. The first-order chi connectivity index (χ1) is 10.0. The number of hydrazone groups is 2. The highest BCUT2D eigenvalue weighted by Gasteiger charge is 2.35. The van der Waals surface area contributed by atoms with E-state index in [1.807, 2.05) is 31.2 Å². The van der Waals surface area contributed by atoms with Gasteiger partial charge in [0.25, 0.3) is 5.91 Å². The van der Waals surface area contributed by atoms with E-state index in [1.165, 1.54) is 5.01 Å². The van der Waals surface area contributed by atoms with Crippen molar-refractivity contribution < 1.29 is 9.59 Å². The van der Waals surface area contributed by atoms with Crippen molar-refractivity contribution in [3.8, 4) is 0 Å². The largest absolute Gasteiger partial charge is 0.273 e. The van der Waals surface area contributed by atoms with Gasteiger partial charge < -0.3 is 0 Å². The molecule has 2 amide bonds. The molecule has 2 aliphatic heterocycles. The maximum absolute atomic E-state index is 12.0. The molecule has 1 atom stereocenters. The molecule has 0 radical (unpaired) electrons. The zero-order valence-corrected chi connectivity index (χ0v) is 12.0. The van der Waals surface area contributed by atoms with E-state index in [0.717, 1.165) is 16.8 Å². The van der Waals surface area contributed by atoms with Crippen LogP contribution >= 0.6 is 0 Å². The molecule has 1 unspecified atom stereocenters. The van der Waals surface area contributed by atoms with Gasteiger partial charge in [-0.15, -0.1) is 0 Å². The summed E-state index contributed by atoms with van der Waals surface area (Å²) in [5, 5.41) is 9.62. The Morgan fingerprint density at radius 3 is 2.52 bits per heavy atom. The Hall–Kier alpha value is -2.50. The Morgan fingerprint density at radius 2 is 1.90 bits per heavy atom. The van der Waals surface area contributed by atoms with Crippen LogP contribution in [0.3, 0.4) is 0 Å². The van der Waals surface area contributed by atoms with Crippen LogP contribution in [0.4, 0.5) is 0 Å². The van der Waals surface area contributed by atoms with Crippen molar-refractivity contribution in [3.05, 3.63) is 35.4 Å². The van der Waals surface area contributed by atoms with Gasteiger partial charge in [-0.25, -0.2) is 5.43 Å². The van der Waals surface area contributed by atoms with Crippen molar-refractivity contribution in [2.45, 2.75) is 32.6 Å². The zero-order valence-electron chi connectivity index (χ0n) is 12.0. The maximum atomic E-state index is 12.0. The van der Waals surface area contributed by atoms with Crippen LogP contribution < -0.4 is 5.43 Å². The topological polar surface area (TPSA) is 74.1 Å². The number of hydrogen-bond donors (Lipinski definition) is 1. The standard InChI is InChI=1S/C15H16N4O2/c1-9-3-5-11(6-4-9)12-8-13(20)16-17-15(12)19-14(21)7-10(2)18-19/h3-6,12H,7-8H2,1-2H3,(H,16,20). The summed E-state index contributed by atoms with van der Waals surface area (Å²) in [5.74, 6) is -0.0329. The van der Waals surface area contributed by atoms with E-state index in [1.54, 1.807) is 6.92 Å². The van der Waals surface area contributed by atoms with Gasteiger partial charge in [0.15, 0.2) is 5.84 Å². The van der Waals surface area contributed by atoms with Crippen LogP contribution in [0.5, 0.6) is 0 Å². The molecule has 2 aliphatic rings. The van der Waals surface area contributed by atoms with Gasteiger partial charge in [-0.3, -0.25) is 9.59 Å². The third kappa shape index (κ3) is 2.56. The fourth-order valence-corrected chi connectivity index (χ4v) is 2.52. The molecule has 0 saturated heterocycles. The summed E-state index contributed by atoms with van der Waals surface area (Å²) < 4.78 is 0. The van der Waals surface area contributed by atoms with E-state index in [9.17, 15) is 9.59 Å². The number of carbonyl (C=O) groups excluding carboxylic acids is 2. The van der Waals surface area contributed by atoms with Crippen molar-refractivity contribution in [2.75, 3.05) is 0 Å². The summed E-state index contributed by atoms with van der Waals surface area (Å²) in [6.07, 6.45) is 0.563. The second kappa shape index (κ2) is 5.12. The van der Waals surface area contributed by atoms with E-state index in [0.29, 0.717) is 12.3 Å². The van der Waals surface area contributed by atoms with Crippen LogP contribution in [0.1, 0.15) is 36.8 Å². The molecule has 0 aliphatic carbocycles. The summed E-state index contributed by atoms with van der Waals surface area (Å²) >= 11 is 0. The number of benzene rings is 1. The lowest BCUT2D eigenvalue weighted by molar-refractivity contribution is -0.126. The average Bonchev–Trinajstić information content (AvgIpc) is 2.78. The minimum Gasteiger partial charge on any atom is -0.273 e. The number of aryl methyl sites for hydroxylation is 1. The van der Waals surface area contributed by atoms with Crippen molar-refractivity contribution in [2.24, 2.45) is 10.2 Å². The van der Waals surface area contributed by atoms with E-state index in [2.05, 4.69) is 15.6 Å². The van der Waals surface area contributed by atoms with Crippen LogP contribution in [0.15, 0.2) is 34.5 Å². The van der Waals surface area contributed by atoms with Gasteiger partial charge in [-0.2, -0.15) is 15.2 Å². The molecular weight excluding hydrogens is 268 g/mol. The molecular formula is C15H16N4O2. The van der Waals surface area contributed by atoms with Gasteiger partial charge >= 0.3 is 0 Å². The third-order valence-corrected chi connectivity index (χ3v) is 3.61. The van der Waals surface area contributed by atoms with E-state index >= 15 is 0 Å². The van der Waals surface area contributed by atoms with Crippen LogP contribution in [-0.2, 0) is 9.59 Å². The normalized spacial score (nSPS) is 22.0. The van der Waals surface area contributed by atoms with Gasteiger partial charge in [-0.1, -0.05) is 29.8 Å². The maximum Gasteiger partial charge on any atom is 0.254 e. The molecule has 2 heterocycles. The predicted octanol–water partition coefficient (Wildman–Crippen LogP) is 1.52. The van der Waals surface area contributed by atoms with Crippen LogP contribution in [0, 0.1) is 6.92 Å². The third-order valence-electron chi connectivity index (χ3n) is 3.61. The summed E-state index contributed by atoms with van der Waals surface area (Å²) in [5.41, 5.74) is 5.30. The molecule has 0 bridgehead atoms. The fraction of sp³-hybridized carbons (Fsp3) is 0.333. The number of nitrogens with one attached hydrogen (secondary N) is 1. The molecule has 6 heteroatoms. The summed E-state index contributed by atoms with van der Waals surface area (Å²) in [4.78, 5) is 23.7. The molecule has 1 aromatic rings. The molecule has 1 aromatic carbocycles. The Kier molecular flexibility index (Phi) is 3.29. The first-order valence-corrected chi connectivity index (χ1v) is 6.84. The van der Waals surface area contributed by atoms with Crippen LogP contribution in [0.2, 0.25) is 0 Å². The lowest BCUT2D eigenvalue weighted by Gasteiger charge is -2.26. The predicted molar refractivity (Wildman–Crippen MR) is 78.7 cm³/mol. The smallest absolute Gasteiger partial charge is 0.254 e. The van der Waals surface area contributed by atoms with Crippen molar-refractivity contribution in [1.29, 1.82) is 0 Å². The monoisotopic (exact) mass is 284 g/mol. The van der Waals surface area contributed by atoms with Gasteiger partial charge in [0.1, 0.15) is 0 Å². The van der Waals surface area contributed by atoms with Crippen molar-refractivity contribution in [3.63, 3.8) is 0 Å². The molecule has 0 spiro atoms. The van der Waals surface area contributed by atoms with E-state index in [4.69, 9.17) is 0 Å². The Balaban J connectivity index is 1.98. The minimum absolute atomic E-state index is 0.112. The summed E-state index contributed by atoms with van der Waals surface area (Å²) in [6.45, 7) is 3.81. The van der Waals surface area contributed by atoms with Gasteiger partial charge in [-0.05, 0) is 19.4 Å². The molecule has 6 nitrogen and oxygen atoms in total. The molecule has 0 aromatic heterocycles. The lowest BCUT2D eigenvalue weighted by atomic mass is 9.92. The van der Waals surface area contributed by atoms with Crippen LogP contribution in [-0.4, -0.2) is 28.4 Å². The van der Waals surface area contributed by atoms with Crippen molar-refractivity contribution >= 4 is 23.4 Å². The lowest BCUT2D eigenvalue weighted by Crippen LogP contribution is -2.41. The molecule has 3 rings (SSSR count). The SMILES string of the molecule is CC1=NN(C2=NNC(=O)CC2c2ccc(C)cc2)C(=O)C1. The van der Waals surface area contributed by atoms with E-state index in [-0.39, 0.29) is 24.2 Å². The van der Waals surface area contributed by atoms with E-state index < -0.39 is 0 Å². The highest BCUT2D eigenvalue weighted by molar-refractivity contribution is 6.13. The highest BCUT2D eigenvalue weighted by atomic mass is 16.2. The Morgan fingerprint density at radius 1 is 1.19 bits per heavy atom. The number of amidine groups is 1. The van der Waals surface area contributed by atoms with Gasteiger partial charge in [0.05, 0.1) is 12.3 Å². The second-order valence-corrected chi connectivity index (χ2v) is 5.39. The van der Waals surface area contributed by atoms with Crippen molar-refractivity contribution in [1.82, 2.24) is 10.4 Å². The molecule has 21 heavy (non-hydrogen) atoms. The minimum atomic E-state index is -0.252. The molecule has 108 valence electrons. The first-order valence-electron chi connectivity index (χ1n) is 6.84. The van der Waals surface area contributed by atoms with Crippen LogP contribution in [0.25, 0.3) is 0 Å². The fourth-order valence-electron chi connectivity index (χ4n) is 2.52. The second-order valence-electron chi connectivity index (χ2n) is 5.39. The molecule has 0 fully saturated rings. The number of hydrogen-bond acceptors (Lipinski definition) is 4.